The topological polar surface area (TPSA) is 801 Å². The zero-order valence-electron chi connectivity index (χ0n) is 63.9. The van der Waals surface area contributed by atoms with Crippen molar-refractivity contribution in [2.24, 2.45) is 5.11 Å². The van der Waals surface area contributed by atoms with Gasteiger partial charge in [-0.2, -0.15) is 0 Å². The maximum Gasteiger partial charge on any atom is 0.336 e. The molecular formula is C67H105F2N7O43. The van der Waals surface area contributed by atoms with E-state index >= 15 is 0 Å². The number of nitrogens with zero attached hydrogens (tertiary/aromatic N) is 3. The van der Waals surface area contributed by atoms with Crippen LogP contribution in [0, 0.1) is 0 Å². The molecule has 8 aliphatic rings. The molecule has 0 saturated carbocycles. The van der Waals surface area contributed by atoms with Crippen LogP contribution in [0.15, 0.2) is 38.6 Å². The van der Waals surface area contributed by atoms with Crippen molar-refractivity contribution in [3.63, 3.8) is 0 Å². The van der Waals surface area contributed by atoms with Gasteiger partial charge in [-0.05, 0) is 29.6 Å². The Bertz CT molecular complexity index is 3630. The third-order valence-electron chi connectivity index (χ3n) is 20.0. The second-order valence-electron chi connectivity index (χ2n) is 28.4. The monoisotopic (exact) mass is 1730 g/mol. The largest absolute Gasteiger partial charge is 0.462 e. The summed E-state index contributed by atoms with van der Waals surface area (Å²) in [4.78, 5) is 60.7. The summed E-state index contributed by atoms with van der Waals surface area (Å²) in [6, 6.07) is 0.620. The van der Waals surface area contributed by atoms with Gasteiger partial charge in [0.2, 0.25) is 42.6 Å². The van der Waals surface area contributed by atoms with Gasteiger partial charge in [0.1, 0.15) is 200 Å². The summed E-state index contributed by atoms with van der Waals surface area (Å²) in [6.45, 7) is 0.766. The fourth-order valence-corrected chi connectivity index (χ4v) is 13.8. The van der Waals surface area contributed by atoms with Crippen molar-refractivity contribution in [1.29, 1.82) is 0 Å². The first-order valence-corrected chi connectivity index (χ1v) is 37.0. The Morgan fingerprint density at radius 3 is 1.10 bits per heavy atom. The van der Waals surface area contributed by atoms with Crippen LogP contribution in [0.2, 0.25) is 0 Å². The maximum atomic E-state index is 14.2. The molecule has 8 aliphatic heterocycles. The molecule has 40 atom stereocenters. The van der Waals surface area contributed by atoms with Gasteiger partial charge < -0.3 is 210 Å². The highest BCUT2D eigenvalue weighted by atomic mass is 19.2. The predicted molar refractivity (Wildman–Crippen MR) is 376 cm³/mol. The van der Waals surface area contributed by atoms with Crippen molar-refractivity contribution in [2.45, 2.75) is 287 Å². The normalized spacial score (nSPS) is 42.2. The summed E-state index contributed by atoms with van der Waals surface area (Å²) in [5.74, 6) is -2.28. The summed E-state index contributed by atoms with van der Waals surface area (Å²) < 4.78 is 103. The van der Waals surface area contributed by atoms with Gasteiger partial charge in [-0.15, -0.1) is 0 Å². The van der Waals surface area contributed by atoms with Crippen LogP contribution >= 0.6 is 0 Å². The van der Waals surface area contributed by atoms with E-state index in [4.69, 9.17) is 71.5 Å². The predicted octanol–water partition coefficient (Wildman–Crippen LogP) is -15.0. The minimum atomic E-state index is -2.14. The minimum Gasteiger partial charge on any atom is -0.462 e. The quantitative estimate of drug-likeness (QED) is 0.0201. The molecule has 8 saturated heterocycles. The Balaban J connectivity index is 0.000000223. The van der Waals surface area contributed by atoms with E-state index in [0.717, 1.165) is 26.3 Å². The van der Waals surface area contributed by atoms with Gasteiger partial charge in [0, 0.05) is 50.1 Å². The number of aliphatic hydroxyl groups is 24. The number of benzene rings is 1. The van der Waals surface area contributed by atoms with E-state index in [-0.39, 0.29) is 11.3 Å². The van der Waals surface area contributed by atoms with Gasteiger partial charge >= 0.3 is 5.63 Å². The number of fused-ring (bicyclic) bond motifs is 1. The third-order valence-corrected chi connectivity index (χ3v) is 20.0. The number of hydrogen-bond acceptors (Lipinski definition) is 44. The summed E-state index contributed by atoms with van der Waals surface area (Å²) in [6.07, 6.45) is -56.2. The Labute approximate surface area is 671 Å². The van der Waals surface area contributed by atoms with Crippen molar-refractivity contribution in [3.8, 4) is 5.75 Å². The molecule has 0 bridgehead atoms. The lowest BCUT2D eigenvalue weighted by atomic mass is 9.95. The van der Waals surface area contributed by atoms with Crippen molar-refractivity contribution >= 4 is 34.6 Å². The summed E-state index contributed by atoms with van der Waals surface area (Å²) in [7, 11) is 0. The molecule has 1 aromatic carbocycles. The molecule has 2 aromatic rings. The lowest BCUT2D eigenvalue weighted by Crippen LogP contribution is -2.68. The van der Waals surface area contributed by atoms with E-state index in [1.54, 1.807) is 12.1 Å². The number of halogens is 2. The summed E-state index contributed by atoms with van der Waals surface area (Å²) in [5.41, 5.74) is 9.20. The van der Waals surface area contributed by atoms with Gasteiger partial charge in [0.15, 0.2) is 31.4 Å². The van der Waals surface area contributed by atoms with E-state index in [2.05, 4.69) is 31.3 Å². The molecule has 20 unspecified atom stereocenters. The molecule has 0 radical (unpaired) electrons. The SMILES string of the molecule is CC(=O)NC1C(F)OC(CO)[C@@H](O)[C@@H]1O[C@@H]1OC(CO)[C@H](O)[C@H](O)C1O.CC(=O)NC1C(F)OC(CO)[C@@H](O[C@@H]2OC(CO)[C@H](O)[C@H](O)C2O)[C@@H]1O.CC(=O)NC1C(N=[N+]=[N-])OC(CO)[C@@H](O)[C@@H]1O[C@@H]1OC(CO)[C@H](O)[C@H](O)C1O.CCc1cc(=O)oc2cc(OC3OC(CO)[C@@H](O)[C@H](O[C@@H]4OC(CO)[C@H](O)[C@H](O)C4O)C3NC(C)=O)ccc12. The molecule has 4 amide bonds. The van der Waals surface area contributed by atoms with Crippen molar-refractivity contribution in [2.75, 3.05) is 52.9 Å². The number of carbonyl (C=O) groups is 4. The zero-order valence-corrected chi connectivity index (χ0v) is 63.9. The second-order valence-corrected chi connectivity index (χ2v) is 28.4. The van der Waals surface area contributed by atoms with E-state index in [1.165, 1.54) is 19.1 Å². The Morgan fingerprint density at radius 2 is 0.714 bits per heavy atom. The molecule has 0 aliphatic carbocycles. The van der Waals surface area contributed by atoms with E-state index < -0.39 is 328 Å². The number of carbonyl (C=O) groups excluding carboxylic acids is 4. The van der Waals surface area contributed by atoms with Gasteiger partial charge in [-0.1, -0.05) is 12.0 Å². The van der Waals surface area contributed by atoms with Gasteiger partial charge in [-0.25, -0.2) is 13.6 Å². The Hall–Kier alpha value is -6.16. The number of nitrogens with one attached hydrogen (secondary N) is 4. The van der Waals surface area contributed by atoms with Gasteiger partial charge in [-0.3, -0.25) is 19.2 Å². The van der Waals surface area contributed by atoms with Gasteiger partial charge in [0.25, 0.3) is 0 Å². The molecule has 9 heterocycles. The molecule has 680 valence electrons. The number of aryl methyl sites for hydroxylation is 1. The second kappa shape index (κ2) is 45.5. The first-order chi connectivity index (χ1) is 56.2. The van der Waals surface area contributed by atoms with Crippen LogP contribution in [-0.2, 0) is 82.4 Å². The summed E-state index contributed by atoms with van der Waals surface area (Å²) >= 11 is 0. The fraction of sp³-hybridized carbons (Fsp3) is 0.806. The number of amides is 4. The summed E-state index contributed by atoms with van der Waals surface area (Å²) in [5, 5.41) is 250. The molecule has 1 aromatic heterocycles. The lowest BCUT2D eigenvalue weighted by Gasteiger charge is -2.47. The van der Waals surface area contributed by atoms with Crippen LogP contribution in [0.3, 0.4) is 0 Å². The molecule has 119 heavy (non-hydrogen) atoms. The highest BCUT2D eigenvalue weighted by Gasteiger charge is 2.57. The van der Waals surface area contributed by atoms with Crippen LogP contribution < -0.4 is 31.6 Å². The number of alkyl halides is 2. The first-order valence-electron chi connectivity index (χ1n) is 37.0. The van der Waals surface area contributed by atoms with Crippen molar-refractivity contribution in [3.05, 3.63) is 50.7 Å². The highest BCUT2D eigenvalue weighted by Crippen LogP contribution is 2.37. The van der Waals surface area contributed by atoms with Crippen LogP contribution in [-0.4, -0.2) is 445 Å². The maximum absolute atomic E-state index is 14.2. The van der Waals surface area contributed by atoms with E-state index in [0.29, 0.717) is 11.8 Å². The number of rotatable bonds is 24. The Kier molecular flexibility index (Phi) is 38.2. The Morgan fingerprint density at radius 1 is 0.395 bits per heavy atom. The molecule has 52 heteroatoms. The number of ether oxygens (including phenoxy) is 13. The average molecular weight is 1730 g/mol. The standard InChI is InChI=1S/C25H33NO13.2C14H24FNO10.C14H24N4O10/c1-3-11-6-17(30)36-14-7-12(4-5-13(11)14)35-24-18(26-10(2)29)23(20(32)16(9-28)37-24)39-25-22(34)21(33)19(31)15(8-27)38-25;1-4(19)16-7-9(21)12(6(3-18)24-13(7)15)26-14-11(23)10(22)8(20)5(2-17)25-14;1-4(19)16-7-12(9(21)6(3-18)24-13(7)15)26-14-11(23)10(22)8(20)5(2-17)25-14;1-4(21)16-7-12(9(23)6(3-20)26-13(7)17-18-15)28-14-11(25)10(24)8(22)5(2-19)27-14/h4-7,15-16,18-25,27-28,31-34H,3,8-9H2,1-2H3,(H,26,29);2*5-14,17-18,20-23H,2-3H2,1H3,(H,16,19);5-14,19-20,22-25H,2-3H2,1H3,(H,16,21)/t15?,16?,18?,19-,20+,21-,22?,23+,24?,25-;3*5?,6?,7?,8-,9+,10-,11?,12+,13?,14-/m0000/s1. The number of azide groups is 1. The fourth-order valence-electron chi connectivity index (χ4n) is 13.8. The number of aliphatic hydroxyl groups excluding tert-OH is 24. The van der Waals surface area contributed by atoms with Crippen LogP contribution in [0.25, 0.3) is 21.4 Å². The van der Waals surface area contributed by atoms with Crippen LogP contribution in [0.4, 0.5) is 8.78 Å². The average Bonchev–Trinajstić information content (AvgIpc) is 0.784. The van der Waals surface area contributed by atoms with Crippen molar-refractivity contribution in [1.82, 2.24) is 21.3 Å². The molecule has 28 N–H and O–H groups in total. The van der Waals surface area contributed by atoms with Gasteiger partial charge in [0.05, 0.1) is 58.9 Å². The minimum absolute atomic E-state index is 0.166. The molecular weight excluding hydrogens is 1630 g/mol. The molecule has 10 rings (SSSR count). The smallest absolute Gasteiger partial charge is 0.336 e. The van der Waals surface area contributed by atoms with E-state index in [1.807, 2.05) is 6.92 Å². The molecule has 8 fully saturated rings. The molecule has 50 nitrogen and oxygen atoms in total. The highest BCUT2D eigenvalue weighted by molar-refractivity contribution is 5.81. The van der Waals surface area contributed by atoms with Crippen molar-refractivity contribution < 1.29 is 217 Å². The third kappa shape index (κ3) is 24.3. The number of hydrogen-bond donors (Lipinski definition) is 28. The van der Waals surface area contributed by atoms with Crippen LogP contribution in [0.1, 0.15) is 40.2 Å². The lowest BCUT2D eigenvalue weighted by molar-refractivity contribution is -0.341. The van der Waals surface area contributed by atoms with Crippen LogP contribution in [0.5, 0.6) is 5.75 Å². The zero-order chi connectivity index (χ0) is 88.6. The van der Waals surface area contributed by atoms with E-state index in [9.17, 15) is 155 Å². The molecule has 0 spiro atoms. The first kappa shape index (κ1) is 99.9.